The average molecular weight is 423 g/mol. The topological polar surface area (TPSA) is 68.3 Å². The van der Waals surface area contributed by atoms with Gasteiger partial charge < -0.3 is 24.0 Å². The highest BCUT2D eigenvalue weighted by atomic mass is 35.5. The fourth-order valence-electron chi connectivity index (χ4n) is 4.13. The van der Waals surface area contributed by atoms with Crippen molar-refractivity contribution in [2.75, 3.05) is 50.4 Å². The molecule has 2 heterocycles. The van der Waals surface area contributed by atoms with Crippen molar-refractivity contribution in [3.8, 4) is 0 Å². The van der Waals surface area contributed by atoms with Crippen LogP contribution in [0.1, 0.15) is 20.3 Å². The van der Waals surface area contributed by atoms with Crippen molar-refractivity contribution in [1.82, 2.24) is 0 Å². The average Bonchev–Trinajstić information content (AvgIpc) is 2.71. The summed E-state index contributed by atoms with van der Waals surface area (Å²) in [5.41, 5.74) is 1.82. The largest absolute Gasteiger partial charge is 0.466 e. The normalized spacial score (nSPS) is 22.5. The van der Waals surface area contributed by atoms with Gasteiger partial charge in [-0.15, -0.1) is 0 Å². The molecule has 0 N–H and O–H groups in total. The zero-order valence-corrected chi connectivity index (χ0v) is 18.0. The number of hydrogen-bond donors (Lipinski definition) is 0. The summed E-state index contributed by atoms with van der Waals surface area (Å²) in [6, 6.07) is 5.61. The van der Waals surface area contributed by atoms with Crippen molar-refractivity contribution in [2.24, 2.45) is 11.8 Å². The van der Waals surface area contributed by atoms with E-state index in [1.54, 1.807) is 11.0 Å². The Morgan fingerprint density at radius 1 is 1.10 bits per heavy atom. The molecule has 0 aromatic heterocycles. The van der Waals surface area contributed by atoms with Gasteiger partial charge in [0.1, 0.15) is 12.4 Å². The lowest BCUT2D eigenvalue weighted by molar-refractivity contribution is -0.140. The molecule has 0 aliphatic carbocycles. The zero-order chi connectivity index (χ0) is 21.1. The molecule has 2 unspecified atom stereocenters. The summed E-state index contributed by atoms with van der Waals surface area (Å²) in [5.74, 6) is -0.0652. The second-order valence-electron chi connectivity index (χ2n) is 7.70. The third-order valence-electron chi connectivity index (χ3n) is 5.29. The number of hydrogen-bond acceptors (Lipinski definition) is 7. The number of halogens is 1. The summed E-state index contributed by atoms with van der Waals surface area (Å²) in [7, 11) is 2.53. The van der Waals surface area contributed by atoms with Gasteiger partial charge in [0.05, 0.1) is 37.1 Å². The lowest BCUT2D eigenvalue weighted by Gasteiger charge is -2.37. The quantitative estimate of drug-likeness (QED) is 0.690. The molecule has 1 aromatic rings. The van der Waals surface area contributed by atoms with Crippen LogP contribution in [0.2, 0.25) is 5.02 Å². The van der Waals surface area contributed by atoms with Crippen LogP contribution in [0.25, 0.3) is 0 Å². The second-order valence-corrected chi connectivity index (χ2v) is 8.11. The van der Waals surface area contributed by atoms with E-state index in [0.717, 1.165) is 18.8 Å². The van der Waals surface area contributed by atoms with Gasteiger partial charge in [0, 0.05) is 18.8 Å². The summed E-state index contributed by atoms with van der Waals surface area (Å²) >= 11 is 6.63. The van der Waals surface area contributed by atoms with Gasteiger partial charge in [-0.1, -0.05) is 25.4 Å². The van der Waals surface area contributed by atoms with Crippen molar-refractivity contribution < 1.29 is 23.8 Å². The fourth-order valence-corrected chi connectivity index (χ4v) is 4.42. The lowest BCUT2D eigenvalue weighted by atomic mass is 9.91. The number of rotatable bonds is 4. The molecule has 0 amide bonds. The first-order valence-corrected chi connectivity index (χ1v) is 10.0. The molecule has 2 aliphatic rings. The summed E-state index contributed by atoms with van der Waals surface area (Å²) in [5, 5.41) is 0.582. The predicted octanol–water partition coefficient (Wildman–Crippen LogP) is 3.22. The summed E-state index contributed by atoms with van der Waals surface area (Å²) < 4.78 is 15.2. The molecule has 7 nitrogen and oxygen atoms in total. The maximum absolute atomic E-state index is 12.4. The Kier molecular flexibility index (Phi) is 6.70. The van der Waals surface area contributed by atoms with Gasteiger partial charge in [0.15, 0.2) is 0 Å². The highest BCUT2D eigenvalue weighted by molar-refractivity contribution is 6.33. The molecule has 2 aliphatic heterocycles. The Bertz CT molecular complexity index is 815. The van der Waals surface area contributed by atoms with Gasteiger partial charge in [-0.3, -0.25) is 0 Å². The SMILES string of the molecule is COC(=O)C1=C(C(=O)OC)N(c2ccc(N3CC(C)CC(C)C3)c(Cl)c2)COC1. The van der Waals surface area contributed by atoms with Crippen LogP contribution in [-0.4, -0.2) is 52.6 Å². The first-order valence-electron chi connectivity index (χ1n) is 9.65. The molecular weight excluding hydrogens is 396 g/mol. The monoisotopic (exact) mass is 422 g/mol. The van der Waals surface area contributed by atoms with E-state index in [-0.39, 0.29) is 24.6 Å². The molecule has 29 heavy (non-hydrogen) atoms. The van der Waals surface area contributed by atoms with E-state index in [1.165, 1.54) is 20.6 Å². The zero-order valence-electron chi connectivity index (χ0n) is 17.2. The van der Waals surface area contributed by atoms with E-state index in [1.807, 2.05) is 12.1 Å². The molecule has 1 saturated heterocycles. The van der Waals surface area contributed by atoms with Crippen molar-refractivity contribution >= 4 is 34.9 Å². The summed E-state index contributed by atoms with van der Waals surface area (Å²) in [4.78, 5) is 28.4. The Labute approximate surface area is 176 Å². The number of carbonyl (C=O) groups excluding carboxylic acids is 2. The van der Waals surface area contributed by atoms with Crippen LogP contribution >= 0.6 is 11.6 Å². The summed E-state index contributed by atoms with van der Waals surface area (Å²) in [6.07, 6.45) is 1.21. The van der Waals surface area contributed by atoms with E-state index in [2.05, 4.69) is 18.7 Å². The maximum Gasteiger partial charge on any atom is 0.355 e. The molecular formula is C21H27ClN2O5. The van der Waals surface area contributed by atoms with Gasteiger partial charge in [0.25, 0.3) is 0 Å². The van der Waals surface area contributed by atoms with E-state index < -0.39 is 11.9 Å². The predicted molar refractivity (Wildman–Crippen MR) is 111 cm³/mol. The molecule has 158 valence electrons. The van der Waals surface area contributed by atoms with Crippen LogP contribution in [0.3, 0.4) is 0 Å². The van der Waals surface area contributed by atoms with Gasteiger partial charge in [-0.25, -0.2) is 9.59 Å². The van der Waals surface area contributed by atoms with Crippen LogP contribution < -0.4 is 9.80 Å². The molecule has 0 spiro atoms. The highest BCUT2D eigenvalue weighted by Gasteiger charge is 2.33. The van der Waals surface area contributed by atoms with Gasteiger partial charge >= 0.3 is 11.9 Å². The van der Waals surface area contributed by atoms with Crippen LogP contribution in [0.5, 0.6) is 0 Å². The Morgan fingerprint density at radius 3 is 2.34 bits per heavy atom. The molecule has 8 heteroatoms. The molecule has 1 fully saturated rings. The Morgan fingerprint density at radius 2 is 1.76 bits per heavy atom. The number of anilines is 2. The minimum absolute atomic E-state index is 0.0248. The number of ether oxygens (including phenoxy) is 3. The first-order chi connectivity index (χ1) is 13.8. The maximum atomic E-state index is 12.4. The van der Waals surface area contributed by atoms with Crippen molar-refractivity contribution in [3.05, 3.63) is 34.5 Å². The van der Waals surface area contributed by atoms with Crippen LogP contribution in [0.4, 0.5) is 11.4 Å². The van der Waals surface area contributed by atoms with Crippen molar-refractivity contribution in [1.29, 1.82) is 0 Å². The van der Waals surface area contributed by atoms with Crippen LogP contribution in [0.15, 0.2) is 29.5 Å². The minimum Gasteiger partial charge on any atom is -0.466 e. The van der Waals surface area contributed by atoms with Crippen molar-refractivity contribution in [2.45, 2.75) is 20.3 Å². The Balaban J connectivity index is 1.96. The molecule has 3 rings (SSSR count). The molecule has 1 aromatic carbocycles. The highest BCUT2D eigenvalue weighted by Crippen LogP contribution is 2.36. The summed E-state index contributed by atoms with van der Waals surface area (Å²) in [6.45, 7) is 6.48. The fraction of sp³-hybridized carbons (Fsp3) is 0.524. The van der Waals surface area contributed by atoms with Crippen LogP contribution in [-0.2, 0) is 23.8 Å². The Hall–Kier alpha value is -2.25. The number of piperidine rings is 1. The van der Waals surface area contributed by atoms with Gasteiger partial charge in [-0.05, 0) is 36.5 Å². The number of benzene rings is 1. The van der Waals surface area contributed by atoms with E-state index in [4.69, 9.17) is 25.8 Å². The molecule has 0 radical (unpaired) electrons. The van der Waals surface area contributed by atoms with Gasteiger partial charge in [0.2, 0.25) is 0 Å². The minimum atomic E-state index is -0.632. The second kappa shape index (κ2) is 9.05. The standard InChI is InChI=1S/C21H27ClN2O5/c1-13-7-14(2)10-23(9-13)18-6-5-15(8-17(18)22)24-12-29-11-16(20(25)27-3)19(24)21(26)28-4/h5-6,8,13-14H,7,9-12H2,1-4H3. The van der Waals surface area contributed by atoms with Crippen LogP contribution in [0, 0.1) is 11.8 Å². The molecule has 0 bridgehead atoms. The van der Waals surface area contributed by atoms with E-state index in [0.29, 0.717) is 22.5 Å². The number of nitrogens with zero attached hydrogens (tertiary/aromatic N) is 2. The van der Waals surface area contributed by atoms with E-state index in [9.17, 15) is 9.59 Å². The number of esters is 2. The smallest absolute Gasteiger partial charge is 0.355 e. The van der Waals surface area contributed by atoms with Gasteiger partial charge in [-0.2, -0.15) is 0 Å². The molecule has 0 saturated carbocycles. The third-order valence-corrected chi connectivity index (χ3v) is 5.59. The van der Waals surface area contributed by atoms with Crippen molar-refractivity contribution in [3.63, 3.8) is 0 Å². The van der Waals surface area contributed by atoms with E-state index >= 15 is 0 Å². The number of methoxy groups -OCH3 is 2. The molecule has 2 atom stereocenters. The third kappa shape index (κ3) is 4.51. The first kappa shape index (κ1) is 21.5. The lowest BCUT2D eigenvalue weighted by Crippen LogP contribution is -2.39. The number of carbonyl (C=O) groups is 2.